The zero-order chi connectivity index (χ0) is 17.7. The van der Waals surface area contributed by atoms with E-state index in [1.807, 2.05) is 0 Å². The van der Waals surface area contributed by atoms with Crippen molar-refractivity contribution in [2.24, 2.45) is 5.10 Å². The van der Waals surface area contributed by atoms with E-state index in [0.717, 1.165) is 0 Å². The van der Waals surface area contributed by atoms with Crippen LogP contribution in [-0.2, 0) is 10.0 Å². The SMILES string of the molecule is COc1ccc(OC)c(S(=O)(=O)N/N=C/c2ccc(O)c(Br)c2)c1. The molecule has 0 fully saturated rings. The summed E-state index contributed by atoms with van der Waals surface area (Å²) < 4.78 is 35.3. The average molecular weight is 415 g/mol. The van der Waals surface area contributed by atoms with Gasteiger partial charge in [0.25, 0.3) is 10.0 Å². The number of aromatic hydroxyl groups is 1. The normalized spacial score (nSPS) is 11.5. The van der Waals surface area contributed by atoms with E-state index in [1.165, 1.54) is 38.6 Å². The molecule has 2 rings (SSSR count). The number of hydrogen-bond donors (Lipinski definition) is 2. The third-order valence-corrected chi connectivity index (χ3v) is 4.90. The molecule has 0 amide bonds. The van der Waals surface area contributed by atoms with Crippen LogP contribution in [0.1, 0.15) is 5.56 Å². The first-order valence-corrected chi connectivity index (χ1v) is 8.90. The van der Waals surface area contributed by atoms with Gasteiger partial charge in [-0.3, -0.25) is 0 Å². The van der Waals surface area contributed by atoms with Gasteiger partial charge in [0, 0.05) is 6.07 Å². The van der Waals surface area contributed by atoms with Crippen LogP contribution in [-0.4, -0.2) is 34.0 Å². The molecule has 0 saturated heterocycles. The topological polar surface area (TPSA) is 97.2 Å². The first kappa shape index (κ1) is 18.1. The molecule has 0 heterocycles. The molecule has 2 aromatic rings. The number of nitrogens with one attached hydrogen (secondary N) is 1. The Labute approximate surface area is 148 Å². The Morgan fingerprint density at radius 3 is 2.54 bits per heavy atom. The highest BCUT2D eigenvalue weighted by atomic mass is 79.9. The number of methoxy groups -OCH3 is 2. The van der Waals surface area contributed by atoms with Gasteiger partial charge in [0.15, 0.2) is 0 Å². The van der Waals surface area contributed by atoms with Crippen LogP contribution in [0.25, 0.3) is 0 Å². The summed E-state index contributed by atoms with van der Waals surface area (Å²) in [5.74, 6) is 0.627. The van der Waals surface area contributed by atoms with Gasteiger partial charge in [0.05, 0.1) is 24.9 Å². The largest absolute Gasteiger partial charge is 0.507 e. The summed E-state index contributed by atoms with van der Waals surface area (Å²) >= 11 is 3.17. The van der Waals surface area contributed by atoms with Crippen LogP contribution in [0.15, 0.2) is 50.9 Å². The van der Waals surface area contributed by atoms with E-state index < -0.39 is 10.0 Å². The zero-order valence-electron chi connectivity index (χ0n) is 12.9. The monoisotopic (exact) mass is 414 g/mol. The van der Waals surface area contributed by atoms with Gasteiger partial charge in [-0.15, -0.1) is 0 Å². The fraction of sp³-hybridized carbons (Fsp3) is 0.133. The smallest absolute Gasteiger partial charge is 0.280 e. The number of sulfonamides is 1. The third-order valence-electron chi connectivity index (χ3n) is 3.02. The molecule has 2 aromatic carbocycles. The number of rotatable bonds is 6. The minimum absolute atomic E-state index is 0.0776. The molecule has 0 aliphatic heterocycles. The standard InChI is InChI=1S/C15H15BrN2O5S/c1-22-11-4-6-14(23-2)15(8-11)24(20,21)18-17-9-10-3-5-13(19)12(16)7-10/h3-9,18-19H,1-2H3/b17-9+. The molecule has 24 heavy (non-hydrogen) atoms. The van der Waals surface area contributed by atoms with Gasteiger partial charge in [-0.05, 0) is 51.8 Å². The molecule has 0 saturated carbocycles. The molecule has 0 unspecified atom stereocenters. The van der Waals surface area contributed by atoms with Gasteiger partial charge < -0.3 is 14.6 Å². The summed E-state index contributed by atoms with van der Waals surface area (Å²) in [5.41, 5.74) is 0.597. The van der Waals surface area contributed by atoms with Crippen LogP contribution in [0.3, 0.4) is 0 Å². The molecular weight excluding hydrogens is 400 g/mol. The fourth-order valence-corrected chi connectivity index (χ4v) is 3.19. The van der Waals surface area contributed by atoms with Crippen molar-refractivity contribution in [2.45, 2.75) is 4.90 Å². The molecule has 7 nitrogen and oxygen atoms in total. The van der Waals surface area contributed by atoms with Crippen LogP contribution in [0.5, 0.6) is 17.2 Å². The Bertz CT molecular complexity index is 868. The molecule has 0 spiro atoms. The van der Waals surface area contributed by atoms with Gasteiger partial charge in [0.1, 0.15) is 22.1 Å². The molecule has 0 atom stereocenters. The first-order valence-electron chi connectivity index (χ1n) is 6.63. The maximum atomic E-state index is 12.4. The van der Waals surface area contributed by atoms with E-state index in [0.29, 0.717) is 15.8 Å². The second-order valence-electron chi connectivity index (χ2n) is 4.58. The summed E-state index contributed by atoms with van der Waals surface area (Å²) in [5, 5.41) is 13.2. The number of benzene rings is 2. The minimum atomic E-state index is -3.94. The second kappa shape index (κ2) is 7.54. The maximum absolute atomic E-state index is 12.4. The Balaban J connectivity index is 2.25. The molecular formula is C15H15BrN2O5S. The molecule has 0 bridgehead atoms. The van der Waals surface area contributed by atoms with Crippen molar-refractivity contribution in [1.29, 1.82) is 0 Å². The van der Waals surface area contributed by atoms with Crippen LogP contribution in [0.2, 0.25) is 0 Å². The Morgan fingerprint density at radius 1 is 1.17 bits per heavy atom. The number of hydrogen-bond acceptors (Lipinski definition) is 6. The van der Waals surface area contributed by atoms with Crippen molar-refractivity contribution < 1.29 is 23.0 Å². The summed E-state index contributed by atoms with van der Waals surface area (Å²) in [6.07, 6.45) is 1.31. The van der Waals surface area contributed by atoms with Crippen molar-refractivity contribution in [3.8, 4) is 17.2 Å². The summed E-state index contributed by atoms with van der Waals surface area (Å²) in [6.45, 7) is 0. The maximum Gasteiger partial charge on any atom is 0.280 e. The zero-order valence-corrected chi connectivity index (χ0v) is 15.3. The molecule has 9 heteroatoms. The first-order chi connectivity index (χ1) is 11.4. The van der Waals surface area contributed by atoms with E-state index in [-0.39, 0.29) is 16.4 Å². The number of ether oxygens (including phenoxy) is 2. The second-order valence-corrected chi connectivity index (χ2v) is 7.06. The van der Waals surface area contributed by atoms with Crippen molar-refractivity contribution >= 4 is 32.2 Å². The number of phenolic OH excluding ortho intramolecular Hbond substituents is 1. The van der Waals surface area contributed by atoms with Gasteiger partial charge in [0.2, 0.25) is 0 Å². The van der Waals surface area contributed by atoms with Crippen molar-refractivity contribution in [1.82, 2.24) is 4.83 Å². The number of phenols is 1. The van der Waals surface area contributed by atoms with Gasteiger partial charge >= 0.3 is 0 Å². The number of halogens is 1. The van der Waals surface area contributed by atoms with E-state index in [4.69, 9.17) is 9.47 Å². The fourth-order valence-electron chi connectivity index (χ4n) is 1.82. The van der Waals surface area contributed by atoms with Gasteiger partial charge in [-0.25, -0.2) is 0 Å². The molecule has 0 radical (unpaired) electrons. The Kier molecular flexibility index (Phi) is 5.68. The quantitative estimate of drug-likeness (QED) is 0.558. The molecule has 0 aliphatic carbocycles. The lowest BCUT2D eigenvalue weighted by atomic mass is 10.2. The number of nitrogens with zero attached hydrogens (tertiary/aromatic N) is 1. The highest BCUT2D eigenvalue weighted by molar-refractivity contribution is 9.10. The summed E-state index contributed by atoms with van der Waals surface area (Å²) in [6, 6.07) is 9.07. The predicted octanol–water partition coefficient (Wildman–Crippen LogP) is 2.48. The Morgan fingerprint density at radius 2 is 1.92 bits per heavy atom. The summed E-state index contributed by atoms with van der Waals surface area (Å²) in [7, 11) is -1.13. The number of hydrazone groups is 1. The van der Waals surface area contributed by atoms with Gasteiger partial charge in [-0.2, -0.15) is 18.4 Å². The average Bonchev–Trinajstić information content (AvgIpc) is 2.57. The lowest BCUT2D eigenvalue weighted by molar-refractivity contribution is 0.392. The highest BCUT2D eigenvalue weighted by Crippen LogP contribution is 2.28. The summed E-state index contributed by atoms with van der Waals surface area (Å²) in [4.78, 5) is 2.02. The van der Waals surface area contributed by atoms with E-state index in [1.54, 1.807) is 18.2 Å². The predicted molar refractivity (Wildman–Crippen MR) is 93.3 cm³/mol. The molecule has 0 aromatic heterocycles. The van der Waals surface area contributed by atoms with Gasteiger partial charge in [-0.1, -0.05) is 0 Å². The van der Waals surface area contributed by atoms with Crippen molar-refractivity contribution in [3.63, 3.8) is 0 Å². The van der Waals surface area contributed by atoms with E-state index in [9.17, 15) is 13.5 Å². The highest BCUT2D eigenvalue weighted by Gasteiger charge is 2.19. The molecule has 0 aliphatic rings. The Hall–Kier alpha value is -2.26. The van der Waals surface area contributed by atoms with Crippen LogP contribution < -0.4 is 14.3 Å². The van der Waals surface area contributed by atoms with E-state index in [2.05, 4.69) is 25.9 Å². The lowest BCUT2D eigenvalue weighted by Crippen LogP contribution is -2.19. The van der Waals surface area contributed by atoms with E-state index >= 15 is 0 Å². The third kappa shape index (κ3) is 4.18. The molecule has 128 valence electrons. The van der Waals surface area contributed by atoms with Crippen molar-refractivity contribution in [3.05, 3.63) is 46.4 Å². The van der Waals surface area contributed by atoms with Crippen LogP contribution in [0.4, 0.5) is 0 Å². The van der Waals surface area contributed by atoms with Crippen molar-refractivity contribution in [2.75, 3.05) is 14.2 Å². The minimum Gasteiger partial charge on any atom is -0.507 e. The van der Waals surface area contributed by atoms with Crippen LogP contribution in [0, 0.1) is 0 Å². The molecule has 2 N–H and O–H groups in total. The van der Waals surface area contributed by atoms with Crippen LogP contribution >= 0.6 is 15.9 Å². The lowest BCUT2D eigenvalue weighted by Gasteiger charge is -2.10.